The van der Waals surface area contributed by atoms with Crippen molar-refractivity contribution < 1.29 is 24.8 Å². The summed E-state index contributed by atoms with van der Waals surface area (Å²) in [6.07, 6.45) is 11.1. The molecule has 0 spiro atoms. The number of hydrogen-bond donors (Lipinski definition) is 3. The van der Waals surface area contributed by atoms with Crippen LogP contribution in [0.3, 0.4) is 0 Å². The molecule has 1 heterocycles. The molecule has 5 aliphatic carbocycles. The van der Waals surface area contributed by atoms with Crippen LogP contribution in [0, 0.1) is 56.7 Å². The molecule has 1 saturated heterocycles. The van der Waals surface area contributed by atoms with E-state index in [0.29, 0.717) is 34.0 Å². The molecule has 0 unspecified atom stereocenters. The van der Waals surface area contributed by atoms with Gasteiger partial charge in [0.05, 0.1) is 12.7 Å². The topological polar surface area (TPSA) is 79.2 Å². The standard InChI is InChI=1S/C37H62O5/c1-9-15-37-18-12-23(22(2)3)29(37)24-10-11-27-34(6)16-14-28(42-32-31(40)30(39)25(38)21-41-32)33(4,5)26(34)13-17-36(27,8)35(24,7)19-20-37/h23-32,38-40H,2,9-21H2,1,3-8H3/t23-,24+,25-,26-,27+,28-,29+,30-,31+,32-,34-,35+,36+,37+/m0/s1. The third kappa shape index (κ3) is 4.25. The third-order valence-electron chi connectivity index (χ3n) is 15.7. The fraction of sp³-hybridized carbons (Fsp3) is 0.946. The van der Waals surface area contributed by atoms with Crippen LogP contribution in [0.4, 0.5) is 0 Å². The number of aliphatic hydroxyl groups excluding tert-OH is 3. The number of fused-ring (bicyclic) bond motifs is 7. The number of allylic oxidation sites excluding steroid dienone is 1. The van der Waals surface area contributed by atoms with E-state index < -0.39 is 24.6 Å². The Balaban J connectivity index is 1.27. The first kappa shape index (κ1) is 31.5. The Morgan fingerprint density at radius 2 is 1.57 bits per heavy atom. The Bertz CT molecular complexity index is 1040. The second-order valence-corrected chi connectivity index (χ2v) is 17.5. The summed E-state index contributed by atoms with van der Waals surface area (Å²) in [4.78, 5) is 0. The summed E-state index contributed by atoms with van der Waals surface area (Å²) in [6, 6.07) is 0. The van der Waals surface area contributed by atoms with E-state index in [1.54, 1.807) is 0 Å². The number of rotatable bonds is 5. The molecule has 42 heavy (non-hydrogen) atoms. The maximum absolute atomic E-state index is 10.6. The average Bonchev–Trinajstić information content (AvgIpc) is 3.30. The van der Waals surface area contributed by atoms with Crippen LogP contribution in [0.5, 0.6) is 0 Å². The molecule has 5 saturated carbocycles. The van der Waals surface area contributed by atoms with Crippen molar-refractivity contribution in [1.82, 2.24) is 0 Å². The molecule has 1 aliphatic heterocycles. The van der Waals surface area contributed by atoms with E-state index in [9.17, 15) is 15.3 Å². The highest BCUT2D eigenvalue weighted by Gasteiger charge is 2.70. The summed E-state index contributed by atoms with van der Waals surface area (Å²) in [5.74, 6) is 3.57. The zero-order valence-corrected chi connectivity index (χ0v) is 27.8. The maximum Gasteiger partial charge on any atom is 0.186 e. The van der Waals surface area contributed by atoms with Crippen molar-refractivity contribution in [3.05, 3.63) is 12.2 Å². The van der Waals surface area contributed by atoms with Crippen molar-refractivity contribution in [2.24, 2.45) is 56.7 Å². The van der Waals surface area contributed by atoms with Crippen LogP contribution in [-0.4, -0.2) is 52.6 Å². The Kier molecular flexibility index (Phi) is 7.91. The minimum atomic E-state index is -1.23. The van der Waals surface area contributed by atoms with E-state index in [2.05, 4.69) is 55.0 Å². The Hall–Kier alpha value is -0.460. The predicted molar refractivity (Wildman–Crippen MR) is 167 cm³/mol. The molecule has 0 aromatic carbocycles. The lowest BCUT2D eigenvalue weighted by Crippen LogP contribution is -2.67. The molecule has 6 fully saturated rings. The molecular formula is C37H62O5. The quantitative estimate of drug-likeness (QED) is 0.233. The number of hydrogen-bond acceptors (Lipinski definition) is 5. The van der Waals surface area contributed by atoms with Crippen LogP contribution >= 0.6 is 0 Å². The van der Waals surface area contributed by atoms with Gasteiger partial charge in [0.1, 0.15) is 18.3 Å². The molecule has 0 radical (unpaired) electrons. The van der Waals surface area contributed by atoms with Gasteiger partial charge in [-0.1, -0.05) is 60.1 Å². The minimum Gasteiger partial charge on any atom is -0.388 e. The van der Waals surface area contributed by atoms with Gasteiger partial charge in [0.25, 0.3) is 0 Å². The van der Waals surface area contributed by atoms with Gasteiger partial charge in [-0.05, 0) is 134 Å². The van der Waals surface area contributed by atoms with Gasteiger partial charge < -0.3 is 24.8 Å². The fourth-order valence-electron chi connectivity index (χ4n) is 13.5. The monoisotopic (exact) mass is 586 g/mol. The van der Waals surface area contributed by atoms with Crippen LogP contribution in [0.1, 0.15) is 126 Å². The zero-order valence-electron chi connectivity index (χ0n) is 27.8. The van der Waals surface area contributed by atoms with Crippen LogP contribution in [0.25, 0.3) is 0 Å². The summed E-state index contributed by atoms with van der Waals surface area (Å²) < 4.78 is 12.2. The van der Waals surface area contributed by atoms with Crippen molar-refractivity contribution in [2.75, 3.05) is 6.61 Å². The summed E-state index contributed by atoms with van der Waals surface area (Å²) in [7, 11) is 0. The number of ether oxygens (including phenoxy) is 2. The van der Waals surface area contributed by atoms with Crippen molar-refractivity contribution >= 4 is 0 Å². The zero-order chi connectivity index (χ0) is 30.5. The van der Waals surface area contributed by atoms with Gasteiger partial charge in [-0.2, -0.15) is 0 Å². The maximum atomic E-state index is 10.6. The number of aliphatic hydroxyl groups is 3. The van der Waals surface area contributed by atoms with E-state index in [1.807, 2.05) is 0 Å². The highest BCUT2D eigenvalue weighted by Crippen LogP contribution is 2.78. The van der Waals surface area contributed by atoms with Crippen LogP contribution in [-0.2, 0) is 9.47 Å². The van der Waals surface area contributed by atoms with E-state index in [1.165, 1.54) is 69.8 Å². The molecule has 5 heteroatoms. The Morgan fingerprint density at radius 1 is 0.833 bits per heavy atom. The SMILES string of the molecule is C=C(C)[C@@H]1CC[C@]2(CCC)CC[C@]3(C)[C@H](CC[C@@H]4[C@@]5(C)CC[C@H](O[C@@H]6OC[C@H](O)[C@H](O)[C@H]6O)C(C)(C)[C@@H]5CC[C@]43C)[C@@H]12. The molecule has 5 nitrogen and oxygen atoms in total. The average molecular weight is 587 g/mol. The van der Waals surface area contributed by atoms with Gasteiger partial charge in [-0.3, -0.25) is 0 Å². The molecule has 14 atom stereocenters. The van der Waals surface area contributed by atoms with Gasteiger partial charge >= 0.3 is 0 Å². The summed E-state index contributed by atoms with van der Waals surface area (Å²) >= 11 is 0. The van der Waals surface area contributed by atoms with E-state index >= 15 is 0 Å². The molecule has 0 bridgehead atoms. The van der Waals surface area contributed by atoms with Gasteiger partial charge in [0.15, 0.2) is 6.29 Å². The van der Waals surface area contributed by atoms with Gasteiger partial charge in [-0.25, -0.2) is 0 Å². The highest BCUT2D eigenvalue weighted by atomic mass is 16.7. The highest BCUT2D eigenvalue weighted by molar-refractivity contribution is 5.21. The van der Waals surface area contributed by atoms with Crippen molar-refractivity contribution in [3.8, 4) is 0 Å². The van der Waals surface area contributed by atoms with Crippen molar-refractivity contribution in [1.29, 1.82) is 0 Å². The summed E-state index contributed by atoms with van der Waals surface area (Å²) in [6.45, 7) is 22.1. The van der Waals surface area contributed by atoms with E-state index in [0.717, 1.165) is 24.7 Å². The van der Waals surface area contributed by atoms with Crippen molar-refractivity contribution in [3.63, 3.8) is 0 Å². The molecule has 0 aromatic heterocycles. The Labute approximate surface area is 256 Å². The first-order valence-electron chi connectivity index (χ1n) is 17.6. The molecule has 0 amide bonds. The second-order valence-electron chi connectivity index (χ2n) is 17.5. The first-order valence-corrected chi connectivity index (χ1v) is 17.6. The smallest absolute Gasteiger partial charge is 0.186 e. The molecule has 3 N–H and O–H groups in total. The van der Waals surface area contributed by atoms with E-state index in [-0.39, 0.29) is 23.5 Å². The van der Waals surface area contributed by atoms with E-state index in [4.69, 9.17) is 9.47 Å². The van der Waals surface area contributed by atoms with Crippen LogP contribution in [0.15, 0.2) is 12.2 Å². The second kappa shape index (κ2) is 10.5. The first-order chi connectivity index (χ1) is 19.7. The summed E-state index contributed by atoms with van der Waals surface area (Å²) in [5, 5.41) is 30.8. The van der Waals surface area contributed by atoms with Crippen LogP contribution in [0.2, 0.25) is 0 Å². The lowest BCUT2D eigenvalue weighted by atomic mass is 9.32. The molecule has 6 aliphatic rings. The summed E-state index contributed by atoms with van der Waals surface area (Å²) in [5.41, 5.74) is 2.88. The minimum absolute atomic E-state index is 0.00979. The predicted octanol–water partition coefficient (Wildman–Crippen LogP) is 7.27. The molecule has 240 valence electrons. The molecular weight excluding hydrogens is 524 g/mol. The van der Waals surface area contributed by atoms with Gasteiger partial charge in [0, 0.05) is 0 Å². The normalized spacial score (nSPS) is 55.2. The lowest BCUT2D eigenvalue weighted by molar-refractivity contribution is -0.311. The lowest BCUT2D eigenvalue weighted by Gasteiger charge is -2.73. The van der Waals surface area contributed by atoms with Gasteiger partial charge in [-0.15, -0.1) is 0 Å². The van der Waals surface area contributed by atoms with Crippen molar-refractivity contribution in [2.45, 2.75) is 156 Å². The van der Waals surface area contributed by atoms with Crippen LogP contribution < -0.4 is 0 Å². The largest absolute Gasteiger partial charge is 0.388 e. The fourth-order valence-corrected chi connectivity index (χ4v) is 13.5. The van der Waals surface area contributed by atoms with Gasteiger partial charge in [0.2, 0.25) is 0 Å². The molecule has 6 rings (SSSR count). The Morgan fingerprint density at radius 3 is 2.26 bits per heavy atom. The third-order valence-corrected chi connectivity index (χ3v) is 15.7. The molecule has 0 aromatic rings.